The Hall–Kier alpha value is -2.77. The van der Waals surface area contributed by atoms with Gasteiger partial charge in [-0.2, -0.15) is 4.98 Å². The van der Waals surface area contributed by atoms with E-state index in [4.69, 9.17) is 11.6 Å². The van der Waals surface area contributed by atoms with Crippen LogP contribution < -0.4 is 10.9 Å². The Labute approximate surface area is 176 Å². The summed E-state index contributed by atoms with van der Waals surface area (Å²) in [7, 11) is 1.78. The van der Waals surface area contributed by atoms with Crippen molar-refractivity contribution in [3.8, 4) is 5.75 Å². The number of carbonyl (C=O) groups excluding carboxylic acids is 1. The Balaban J connectivity index is 1.71. The van der Waals surface area contributed by atoms with Crippen LogP contribution >= 0.6 is 23.4 Å². The molecule has 0 spiro atoms. The van der Waals surface area contributed by atoms with E-state index in [9.17, 15) is 14.7 Å². The fourth-order valence-electron chi connectivity index (χ4n) is 3.42. The summed E-state index contributed by atoms with van der Waals surface area (Å²) in [5, 5.41) is 13.8. The molecule has 3 aromatic rings. The van der Waals surface area contributed by atoms with Crippen LogP contribution in [0.1, 0.15) is 29.0 Å². The van der Waals surface area contributed by atoms with E-state index >= 15 is 0 Å². The Bertz CT molecular complexity index is 1140. The zero-order valence-electron chi connectivity index (χ0n) is 15.6. The van der Waals surface area contributed by atoms with E-state index in [1.165, 1.54) is 11.8 Å². The van der Waals surface area contributed by atoms with Gasteiger partial charge in [-0.15, -0.1) is 0 Å². The zero-order valence-corrected chi connectivity index (χ0v) is 17.1. The highest BCUT2D eigenvalue weighted by molar-refractivity contribution is 7.98. The molecule has 0 aliphatic carbocycles. The second-order valence-corrected chi connectivity index (χ2v) is 8.21. The lowest BCUT2D eigenvalue weighted by molar-refractivity contribution is -0.116. The van der Waals surface area contributed by atoms with Crippen LogP contribution in [0.15, 0.2) is 58.5 Å². The van der Waals surface area contributed by atoms with Gasteiger partial charge < -0.3 is 15.0 Å². The molecular formula is C21H18ClN3O3S. The third-order valence-electron chi connectivity index (χ3n) is 4.85. The first kappa shape index (κ1) is 19.5. The molecule has 2 aromatic carbocycles. The van der Waals surface area contributed by atoms with Gasteiger partial charge in [-0.05, 0) is 35.4 Å². The second-order valence-electron chi connectivity index (χ2n) is 6.84. The Morgan fingerprint density at radius 3 is 2.72 bits per heavy atom. The van der Waals surface area contributed by atoms with Crippen LogP contribution in [0.25, 0.3) is 0 Å². The lowest BCUT2D eigenvalue weighted by Gasteiger charge is -2.27. The molecule has 0 fully saturated rings. The number of fused-ring (bicyclic) bond motifs is 1. The molecule has 0 saturated heterocycles. The molecule has 148 valence electrons. The van der Waals surface area contributed by atoms with Crippen molar-refractivity contribution in [3.63, 3.8) is 0 Å². The largest absolute Gasteiger partial charge is 0.508 e. The third-order valence-corrected chi connectivity index (χ3v) is 6.21. The summed E-state index contributed by atoms with van der Waals surface area (Å²) in [5.74, 6) is 0.524. The van der Waals surface area contributed by atoms with Gasteiger partial charge in [0.1, 0.15) is 11.6 Å². The van der Waals surface area contributed by atoms with Crippen molar-refractivity contribution in [2.75, 3.05) is 5.32 Å². The summed E-state index contributed by atoms with van der Waals surface area (Å²) in [5.41, 5.74) is 1.83. The Morgan fingerprint density at radius 1 is 1.24 bits per heavy atom. The average Bonchev–Trinajstić information content (AvgIpc) is 2.70. The van der Waals surface area contributed by atoms with Crippen molar-refractivity contribution in [2.45, 2.75) is 23.2 Å². The van der Waals surface area contributed by atoms with Crippen molar-refractivity contribution in [2.24, 2.45) is 7.05 Å². The number of nitrogens with zero attached hydrogens (tertiary/aromatic N) is 2. The fourth-order valence-corrected chi connectivity index (χ4v) is 4.47. The van der Waals surface area contributed by atoms with Crippen molar-refractivity contribution >= 4 is 35.1 Å². The van der Waals surface area contributed by atoms with E-state index in [1.807, 2.05) is 24.3 Å². The molecule has 8 heteroatoms. The van der Waals surface area contributed by atoms with E-state index in [0.717, 1.165) is 5.56 Å². The van der Waals surface area contributed by atoms with Crippen molar-refractivity contribution in [1.82, 2.24) is 9.55 Å². The number of benzene rings is 2. The first-order valence-corrected chi connectivity index (χ1v) is 10.4. The van der Waals surface area contributed by atoms with E-state index in [2.05, 4.69) is 10.3 Å². The monoisotopic (exact) mass is 427 g/mol. The average molecular weight is 428 g/mol. The summed E-state index contributed by atoms with van der Waals surface area (Å²) in [4.78, 5) is 29.5. The lowest BCUT2D eigenvalue weighted by Crippen LogP contribution is -2.33. The van der Waals surface area contributed by atoms with Crippen LogP contribution in [0.5, 0.6) is 5.75 Å². The number of hydrogen-bond donors (Lipinski definition) is 2. The molecule has 0 saturated carbocycles. The van der Waals surface area contributed by atoms with E-state index < -0.39 is 5.92 Å². The molecule has 1 amide bonds. The molecule has 1 aromatic heterocycles. The molecular weight excluding hydrogens is 410 g/mol. The van der Waals surface area contributed by atoms with Crippen molar-refractivity contribution < 1.29 is 9.90 Å². The third kappa shape index (κ3) is 4.02. The van der Waals surface area contributed by atoms with E-state index in [-0.39, 0.29) is 23.6 Å². The summed E-state index contributed by atoms with van der Waals surface area (Å²) < 4.78 is 1.74. The lowest BCUT2D eigenvalue weighted by atomic mass is 9.86. The van der Waals surface area contributed by atoms with Gasteiger partial charge in [-0.25, -0.2) is 0 Å². The molecule has 6 nitrogen and oxygen atoms in total. The van der Waals surface area contributed by atoms with Crippen molar-refractivity contribution in [1.29, 1.82) is 0 Å². The predicted octanol–water partition coefficient (Wildman–Crippen LogP) is 3.91. The Morgan fingerprint density at radius 2 is 2.00 bits per heavy atom. The number of thioether (sulfide) groups is 1. The highest BCUT2D eigenvalue weighted by atomic mass is 35.5. The number of halogens is 1. The maximum Gasteiger partial charge on any atom is 0.279 e. The highest BCUT2D eigenvalue weighted by Crippen LogP contribution is 2.37. The smallest absolute Gasteiger partial charge is 0.279 e. The molecule has 0 radical (unpaired) electrons. The van der Waals surface area contributed by atoms with E-state index in [0.29, 0.717) is 32.9 Å². The van der Waals surface area contributed by atoms with Gasteiger partial charge in [0.25, 0.3) is 5.56 Å². The van der Waals surface area contributed by atoms with Gasteiger partial charge in [0.2, 0.25) is 5.91 Å². The van der Waals surface area contributed by atoms with Crippen LogP contribution in [0.4, 0.5) is 5.82 Å². The predicted molar refractivity (Wildman–Crippen MR) is 114 cm³/mol. The summed E-state index contributed by atoms with van der Waals surface area (Å²) >= 11 is 7.33. The summed E-state index contributed by atoms with van der Waals surface area (Å²) in [6.45, 7) is 0. The number of hydrogen-bond acceptors (Lipinski definition) is 5. The maximum atomic E-state index is 12.9. The fraction of sp³-hybridized carbons (Fsp3) is 0.190. The molecule has 0 unspecified atom stereocenters. The number of amides is 1. The minimum Gasteiger partial charge on any atom is -0.508 e. The molecule has 2 heterocycles. The van der Waals surface area contributed by atoms with Crippen LogP contribution in [0.2, 0.25) is 5.02 Å². The number of aromatic hydroxyl groups is 1. The standard InChI is InChI=1S/C21H18ClN3O3S/c1-25-19-18(16(10-17(27)23-19)13-3-2-4-15(26)9-13)20(28)24-21(25)29-11-12-5-7-14(22)8-6-12/h2-9,16,26H,10-11H2,1H3,(H,23,27)/t16-/m0/s1. The van der Waals surface area contributed by atoms with Gasteiger partial charge >= 0.3 is 0 Å². The molecule has 4 rings (SSSR count). The van der Waals surface area contributed by atoms with Crippen LogP contribution in [0, 0.1) is 0 Å². The normalized spacial score (nSPS) is 15.7. The van der Waals surface area contributed by atoms with Gasteiger partial charge in [0.15, 0.2) is 5.16 Å². The highest BCUT2D eigenvalue weighted by Gasteiger charge is 2.32. The second kappa shape index (κ2) is 7.93. The zero-order chi connectivity index (χ0) is 20.5. The number of phenols is 1. The van der Waals surface area contributed by atoms with Gasteiger partial charge in [0.05, 0.1) is 5.56 Å². The van der Waals surface area contributed by atoms with Gasteiger partial charge in [-0.1, -0.05) is 47.6 Å². The molecule has 1 aliphatic rings. The molecule has 1 atom stereocenters. The first-order chi connectivity index (χ1) is 13.9. The number of rotatable bonds is 4. The maximum absolute atomic E-state index is 12.9. The summed E-state index contributed by atoms with van der Waals surface area (Å²) in [6.07, 6.45) is 0.130. The minimum atomic E-state index is -0.452. The number of aromatic nitrogens is 2. The SMILES string of the molecule is Cn1c(SCc2ccc(Cl)cc2)nc(=O)c2c1NC(=O)C[C@H]2c1cccc(O)c1. The molecule has 0 bridgehead atoms. The minimum absolute atomic E-state index is 0.0926. The van der Waals surface area contributed by atoms with Crippen molar-refractivity contribution in [3.05, 3.63) is 80.6 Å². The molecule has 2 N–H and O–H groups in total. The molecule has 1 aliphatic heterocycles. The molecule has 29 heavy (non-hydrogen) atoms. The quantitative estimate of drug-likeness (QED) is 0.487. The number of carbonyl (C=O) groups is 1. The van der Waals surface area contributed by atoms with E-state index in [1.54, 1.807) is 35.9 Å². The summed E-state index contributed by atoms with van der Waals surface area (Å²) in [6, 6.07) is 14.1. The number of phenolic OH excluding ortho intramolecular Hbond substituents is 1. The number of anilines is 1. The van der Waals surface area contributed by atoms with Crippen LogP contribution in [0.3, 0.4) is 0 Å². The van der Waals surface area contributed by atoms with Gasteiger partial charge in [0, 0.05) is 30.2 Å². The first-order valence-electron chi connectivity index (χ1n) is 8.99. The Kier molecular flexibility index (Phi) is 5.34. The number of nitrogens with one attached hydrogen (secondary N) is 1. The topological polar surface area (TPSA) is 84.2 Å². The van der Waals surface area contributed by atoms with Crippen LogP contribution in [-0.2, 0) is 17.6 Å². The van der Waals surface area contributed by atoms with Gasteiger partial charge in [-0.3, -0.25) is 9.59 Å². The van der Waals surface area contributed by atoms with Crippen LogP contribution in [-0.4, -0.2) is 20.6 Å².